The van der Waals surface area contributed by atoms with Gasteiger partial charge >= 0.3 is 5.97 Å². The summed E-state index contributed by atoms with van der Waals surface area (Å²) in [5, 5.41) is 14.8. The molecule has 1 atom stereocenters. The standard InChI is InChI=1S/C30H34N2O4/c1-20(29(35)36)18-22-6-5-7-26(19-22)32-28(34)23-11-15-25(16-12-23)31-27(33)17-10-21-8-13-24(14-9-21)30(2,3)4/h5-9,11-16,19-20H,10,17-18H2,1-4H3,(H,31,33)(H,32,34)(H,35,36)/t20-/m0/s1. The average Bonchev–Trinajstić information content (AvgIpc) is 2.83. The lowest BCUT2D eigenvalue weighted by Gasteiger charge is -2.19. The molecule has 0 fully saturated rings. The Kier molecular flexibility index (Phi) is 8.64. The van der Waals surface area contributed by atoms with Crippen molar-refractivity contribution < 1.29 is 19.5 Å². The number of hydrogen-bond acceptors (Lipinski definition) is 3. The molecule has 0 heterocycles. The summed E-state index contributed by atoms with van der Waals surface area (Å²) in [4.78, 5) is 36.1. The molecule has 0 saturated carbocycles. The first-order valence-electron chi connectivity index (χ1n) is 12.1. The van der Waals surface area contributed by atoms with E-state index in [2.05, 4.69) is 55.7 Å². The molecule has 36 heavy (non-hydrogen) atoms. The van der Waals surface area contributed by atoms with Crippen LogP contribution in [0.25, 0.3) is 0 Å². The van der Waals surface area contributed by atoms with Gasteiger partial charge in [0.15, 0.2) is 0 Å². The third-order valence-corrected chi connectivity index (χ3v) is 6.04. The van der Waals surface area contributed by atoms with Crippen LogP contribution in [0, 0.1) is 5.92 Å². The van der Waals surface area contributed by atoms with Gasteiger partial charge in [0.1, 0.15) is 0 Å². The Hall–Kier alpha value is -3.93. The molecule has 0 aliphatic heterocycles. The largest absolute Gasteiger partial charge is 0.481 e. The van der Waals surface area contributed by atoms with Gasteiger partial charge in [0.05, 0.1) is 5.92 Å². The second-order valence-corrected chi connectivity index (χ2v) is 10.2. The predicted octanol–water partition coefficient (Wildman–Crippen LogP) is 6.07. The number of rotatable bonds is 9. The molecule has 6 nitrogen and oxygen atoms in total. The van der Waals surface area contributed by atoms with E-state index in [0.717, 1.165) is 11.1 Å². The van der Waals surface area contributed by atoms with Gasteiger partial charge in [-0.2, -0.15) is 0 Å². The molecule has 6 heteroatoms. The lowest BCUT2D eigenvalue weighted by Crippen LogP contribution is -2.15. The Morgan fingerprint density at radius 3 is 2.11 bits per heavy atom. The Labute approximate surface area is 212 Å². The minimum absolute atomic E-state index is 0.0838. The fourth-order valence-corrected chi connectivity index (χ4v) is 3.78. The first kappa shape index (κ1) is 26.7. The summed E-state index contributed by atoms with van der Waals surface area (Å²) in [5.74, 6) is -1.73. The highest BCUT2D eigenvalue weighted by Gasteiger charge is 2.14. The Balaban J connectivity index is 1.51. The zero-order valence-corrected chi connectivity index (χ0v) is 21.3. The zero-order valence-electron chi connectivity index (χ0n) is 21.3. The quantitative estimate of drug-likeness (QED) is 0.342. The molecule has 0 bridgehead atoms. The summed E-state index contributed by atoms with van der Waals surface area (Å²) in [6, 6.07) is 22.3. The highest BCUT2D eigenvalue weighted by atomic mass is 16.4. The smallest absolute Gasteiger partial charge is 0.306 e. The van der Waals surface area contributed by atoms with Gasteiger partial charge in [0, 0.05) is 23.4 Å². The van der Waals surface area contributed by atoms with Crippen LogP contribution in [0.15, 0.2) is 72.8 Å². The minimum atomic E-state index is -0.855. The molecule has 3 rings (SSSR count). The number of hydrogen-bond donors (Lipinski definition) is 3. The summed E-state index contributed by atoms with van der Waals surface area (Å²) >= 11 is 0. The van der Waals surface area contributed by atoms with E-state index in [4.69, 9.17) is 5.11 Å². The van der Waals surface area contributed by atoms with Crippen molar-refractivity contribution in [3.8, 4) is 0 Å². The van der Waals surface area contributed by atoms with Crippen molar-refractivity contribution in [3.05, 3.63) is 95.1 Å². The fourth-order valence-electron chi connectivity index (χ4n) is 3.78. The Morgan fingerprint density at radius 1 is 0.833 bits per heavy atom. The SMILES string of the molecule is C[C@@H](Cc1cccc(NC(=O)c2ccc(NC(=O)CCc3ccc(C(C)(C)C)cc3)cc2)c1)C(=O)O. The number of carboxylic acids is 1. The van der Waals surface area contributed by atoms with Gasteiger partial charge in [0.2, 0.25) is 5.91 Å². The van der Waals surface area contributed by atoms with Gasteiger partial charge in [-0.25, -0.2) is 0 Å². The van der Waals surface area contributed by atoms with Crippen molar-refractivity contribution in [1.29, 1.82) is 0 Å². The van der Waals surface area contributed by atoms with Gasteiger partial charge in [-0.05, 0) is 71.3 Å². The van der Waals surface area contributed by atoms with Crippen LogP contribution < -0.4 is 10.6 Å². The summed E-state index contributed by atoms with van der Waals surface area (Å²) in [5.41, 5.74) is 5.00. The number of aryl methyl sites for hydroxylation is 1. The number of carbonyl (C=O) groups excluding carboxylic acids is 2. The van der Waals surface area contributed by atoms with Gasteiger partial charge in [-0.3, -0.25) is 14.4 Å². The van der Waals surface area contributed by atoms with Crippen molar-refractivity contribution in [2.24, 2.45) is 5.92 Å². The third-order valence-electron chi connectivity index (χ3n) is 6.04. The van der Waals surface area contributed by atoms with E-state index in [-0.39, 0.29) is 17.2 Å². The molecule has 3 aromatic carbocycles. The number of nitrogens with one attached hydrogen (secondary N) is 2. The van der Waals surface area contributed by atoms with Gasteiger partial charge in [-0.15, -0.1) is 0 Å². The second-order valence-electron chi connectivity index (χ2n) is 10.2. The van der Waals surface area contributed by atoms with Crippen molar-refractivity contribution in [3.63, 3.8) is 0 Å². The molecule has 3 N–H and O–H groups in total. The van der Waals surface area contributed by atoms with Crippen LogP contribution in [0.2, 0.25) is 0 Å². The third kappa shape index (κ3) is 7.80. The number of carboxylic acid groups (broad SMARTS) is 1. The fraction of sp³-hybridized carbons (Fsp3) is 0.300. The van der Waals surface area contributed by atoms with E-state index in [1.165, 1.54) is 5.56 Å². The lowest BCUT2D eigenvalue weighted by atomic mass is 9.86. The highest BCUT2D eigenvalue weighted by Crippen LogP contribution is 2.22. The van der Waals surface area contributed by atoms with Crippen molar-refractivity contribution in [1.82, 2.24) is 0 Å². The molecule has 0 aliphatic carbocycles. The van der Waals surface area contributed by atoms with E-state index in [9.17, 15) is 14.4 Å². The van der Waals surface area contributed by atoms with Gasteiger partial charge in [-0.1, -0.05) is 64.1 Å². The number of benzene rings is 3. The van der Waals surface area contributed by atoms with Gasteiger partial charge in [0.25, 0.3) is 5.91 Å². The molecule has 0 aromatic heterocycles. The van der Waals surface area contributed by atoms with E-state index < -0.39 is 11.9 Å². The van der Waals surface area contributed by atoms with Crippen molar-refractivity contribution in [2.45, 2.75) is 52.4 Å². The Bertz CT molecular complexity index is 1210. The van der Waals surface area contributed by atoms with E-state index in [1.807, 2.05) is 6.07 Å². The summed E-state index contributed by atoms with van der Waals surface area (Å²) in [6.07, 6.45) is 1.41. The summed E-state index contributed by atoms with van der Waals surface area (Å²) < 4.78 is 0. The maximum absolute atomic E-state index is 12.6. The molecule has 0 spiro atoms. The number of carbonyl (C=O) groups is 3. The lowest BCUT2D eigenvalue weighted by molar-refractivity contribution is -0.141. The molecule has 0 unspecified atom stereocenters. The summed E-state index contributed by atoms with van der Waals surface area (Å²) in [7, 11) is 0. The predicted molar refractivity (Wildman–Crippen MR) is 143 cm³/mol. The van der Waals surface area contributed by atoms with Crippen LogP contribution in [-0.4, -0.2) is 22.9 Å². The topological polar surface area (TPSA) is 95.5 Å². The van der Waals surface area contributed by atoms with Crippen LogP contribution >= 0.6 is 0 Å². The van der Waals surface area contributed by atoms with Crippen LogP contribution in [-0.2, 0) is 27.8 Å². The second kappa shape index (κ2) is 11.7. The number of anilines is 2. The van der Waals surface area contributed by atoms with Crippen molar-refractivity contribution >= 4 is 29.2 Å². The Morgan fingerprint density at radius 2 is 1.50 bits per heavy atom. The molecule has 0 saturated heterocycles. The van der Waals surface area contributed by atoms with Crippen LogP contribution in [0.5, 0.6) is 0 Å². The van der Waals surface area contributed by atoms with Gasteiger partial charge < -0.3 is 15.7 Å². The normalized spacial score (nSPS) is 12.0. The monoisotopic (exact) mass is 486 g/mol. The van der Waals surface area contributed by atoms with E-state index >= 15 is 0 Å². The maximum Gasteiger partial charge on any atom is 0.306 e. The molecular formula is C30H34N2O4. The average molecular weight is 487 g/mol. The minimum Gasteiger partial charge on any atom is -0.481 e. The summed E-state index contributed by atoms with van der Waals surface area (Å²) in [6.45, 7) is 8.17. The maximum atomic E-state index is 12.6. The van der Waals surface area contributed by atoms with Crippen LogP contribution in [0.3, 0.4) is 0 Å². The molecule has 188 valence electrons. The van der Waals surface area contributed by atoms with Crippen LogP contribution in [0.4, 0.5) is 11.4 Å². The molecule has 2 amide bonds. The molecule has 0 radical (unpaired) electrons. The molecular weight excluding hydrogens is 452 g/mol. The zero-order chi connectivity index (χ0) is 26.3. The number of amides is 2. The van der Waals surface area contributed by atoms with E-state index in [1.54, 1.807) is 49.4 Å². The van der Waals surface area contributed by atoms with E-state index in [0.29, 0.717) is 36.2 Å². The number of aliphatic carboxylic acids is 1. The highest BCUT2D eigenvalue weighted by molar-refractivity contribution is 6.04. The first-order valence-corrected chi connectivity index (χ1v) is 12.1. The first-order chi connectivity index (χ1) is 17.0. The van der Waals surface area contributed by atoms with Crippen molar-refractivity contribution in [2.75, 3.05) is 10.6 Å². The molecule has 3 aromatic rings. The molecule has 0 aliphatic rings. The van der Waals surface area contributed by atoms with Crippen LogP contribution in [0.1, 0.15) is 61.2 Å².